The van der Waals surface area contributed by atoms with Gasteiger partial charge in [0.1, 0.15) is 0 Å². The Morgan fingerprint density at radius 1 is 0.875 bits per heavy atom. The lowest BCUT2D eigenvalue weighted by Crippen LogP contribution is -2.09. The van der Waals surface area contributed by atoms with E-state index in [4.69, 9.17) is 0 Å². The summed E-state index contributed by atoms with van der Waals surface area (Å²) in [4.78, 5) is 4.55. The summed E-state index contributed by atoms with van der Waals surface area (Å²) in [7, 11) is 0. The van der Waals surface area contributed by atoms with Gasteiger partial charge in [0.05, 0.1) is 0 Å². The Labute approximate surface area is 96.2 Å². The third-order valence-corrected chi connectivity index (χ3v) is 3.30. The molecule has 0 fully saturated rings. The van der Waals surface area contributed by atoms with Crippen LogP contribution in [-0.2, 0) is 12.8 Å². The van der Waals surface area contributed by atoms with E-state index in [0.717, 1.165) is 12.8 Å². The normalized spacial score (nSPS) is 13.1. The van der Waals surface area contributed by atoms with Crippen LogP contribution in [0.4, 0.5) is 0 Å². The van der Waals surface area contributed by atoms with Gasteiger partial charge in [-0.3, -0.25) is 4.98 Å². The summed E-state index contributed by atoms with van der Waals surface area (Å²) < 4.78 is 0. The summed E-state index contributed by atoms with van der Waals surface area (Å²) in [5.74, 6) is 0. The summed E-state index contributed by atoms with van der Waals surface area (Å²) in [6.45, 7) is 4.26. The second-order valence-electron chi connectivity index (χ2n) is 4.74. The summed E-state index contributed by atoms with van der Waals surface area (Å²) in [6.07, 6.45) is 4.01. The van der Waals surface area contributed by atoms with Crippen molar-refractivity contribution in [3.05, 3.63) is 64.0 Å². The van der Waals surface area contributed by atoms with E-state index in [1.165, 1.54) is 33.5 Å². The average Bonchev–Trinajstić information content (AvgIpc) is 2.26. The zero-order valence-corrected chi connectivity index (χ0v) is 9.75. The Balaban J connectivity index is 2.09. The van der Waals surface area contributed by atoms with E-state index < -0.39 is 0 Å². The van der Waals surface area contributed by atoms with Crippen LogP contribution in [0, 0.1) is 13.8 Å². The zero-order chi connectivity index (χ0) is 11.1. The van der Waals surface area contributed by atoms with Crippen molar-refractivity contribution in [3.63, 3.8) is 0 Å². The zero-order valence-electron chi connectivity index (χ0n) is 9.75. The highest BCUT2D eigenvalue weighted by molar-refractivity contribution is 5.44. The van der Waals surface area contributed by atoms with E-state index in [9.17, 15) is 0 Å². The minimum atomic E-state index is 0.993. The predicted octanol–water partition coefficient (Wildman–Crippen LogP) is 3.19. The molecule has 0 unspecified atom stereocenters. The smallest absolute Gasteiger partial charge is 0.0483 e. The molecular weight excluding hydrogens is 194 g/mol. The molecule has 1 aliphatic carbocycles. The summed E-state index contributed by atoms with van der Waals surface area (Å²) >= 11 is 0. The van der Waals surface area contributed by atoms with Gasteiger partial charge in [-0.05, 0) is 42.5 Å². The Morgan fingerprint density at radius 2 is 1.69 bits per heavy atom. The lowest BCUT2D eigenvalue weighted by molar-refractivity contribution is 0.932. The van der Waals surface area contributed by atoms with Gasteiger partial charge in [0.15, 0.2) is 0 Å². The van der Waals surface area contributed by atoms with E-state index >= 15 is 0 Å². The van der Waals surface area contributed by atoms with Gasteiger partial charge in [0, 0.05) is 18.3 Å². The fraction of sp³-hybridized carbons (Fsp3) is 0.267. The van der Waals surface area contributed by atoms with Crippen molar-refractivity contribution in [1.29, 1.82) is 0 Å². The molecule has 2 aromatic rings. The number of aromatic nitrogens is 1. The molecule has 0 radical (unpaired) electrons. The second kappa shape index (κ2) is 3.44. The lowest BCUT2D eigenvalue weighted by atomic mass is 9.88. The molecule has 0 saturated carbocycles. The van der Waals surface area contributed by atoms with Gasteiger partial charge in [-0.1, -0.05) is 29.8 Å². The van der Waals surface area contributed by atoms with Gasteiger partial charge in [-0.25, -0.2) is 0 Å². The molecular formula is C15H15N. The van der Waals surface area contributed by atoms with Crippen molar-refractivity contribution in [1.82, 2.24) is 4.98 Å². The van der Waals surface area contributed by atoms with Gasteiger partial charge in [0.25, 0.3) is 0 Å². The molecule has 3 rings (SSSR count). The fourth-order valence-corrected chi connectivity index (χ4v) is 2.45. The Hall–Kier alpha value is -1.63. The Kier molecular flexibility index (Phi) is 2.06. The Bertz CT molecular complexity index is 504. The maximum atomic E-state index is 4.55. The predicted molar refractivity (Wildman–Crippen MR) is 65.8 cm³/mol. The van der Waals surface area contributed by atoms with Crippen LogP contribution in [0.1, 0.15) is 33.5 Å². The SMILES string of the molecule is Cc1ccc2c(c1)Cc1ncc(C)cc1C2. The quantitative estimate of drug-likeness (QED) is 0.554. The summed E-state index contributed by atoms with van der Waals surface area (Å²) in [6, 6.07) is 9.02. The molecule has 1 aromatic carbocycles. The number of hydrogen-bond donors (Lipinski definition) is 0. The highest BCUT2D eigenvalue weighted by atomic mass is 14.7. The largest absolute Gasteiger partial charge is 0.260 e. The van der Waals surface area contributed by atoms with E-state index in [0.29, 0.717) is 0 Å². The number of benzene rings is 1. The van der Waals surface area contributed by atoms with E-state index in [1.807, 2.05) is 6.20 Å². The van der Waals surface area contributed by atoms with Crippen molar-refractivity contribution in [2.75, 3.05) is 0 Å². The first-order valence-electron chi connectivity index (χ1n) is 5.75. The van der Waals surface area contributed by atoms with Crippen molar-refractivity contribution in [2.24, 2.45) is 0 Å². The van der Waals surface area contributed by atoms with Crippen LogP contribution in [0.5, 0.6) is 0 Å². The van der Waals surface area contributed by atoms with Crippen LogP contribution >= 0.6 is 0 Å². The van der Waals surface area contributed by atoms with E-state index in [1.54, 1.807) is 0 Å². The van der Waals surface area contributed by atoms with Crippen molar-refractivity contribution in [3.8, 4) is 0 Å². The van der Waals surface area contributed by atoms with Gasteiger partial charge in [0.2, 0.25) is 0 Å². The standard InChI is InChI=1S/C15H15N/c1-10-3-4-12-7-14-6-11(2)9-16-15(14)8-13(12)5-10/h3-6,9H,7-8H2,1-2H3. The molecule has 0 saturated heterocycles. The first-order valence-corrected chi connectivity index (χ1v) is 5.75. The molecule has 0 amide bonds. The number of nitrogens with zero attached hydrogens (tertiary/aromatic N) is 1. The van der Waals surface area contributed by atoms with Crippen molar-refractivity contribution < 1.29 is 0 Å². The molecule has 1 heteroatoms. The minimum Gasteiger partial charge on any atom is -0.260 e. The van der Waals surface area contributed by atoms with Crippen LogP contribution in [-0.4, -0.2) is 4.98 Å². The highest BCUT2D eigenvalue weighted by Gasteiger charge is 2.15. The summed E-state index contributed by atoms with van der Waals surface area (Å²) in [5.41, 5.74) is 8.16. The molecule has 0 atom stereocenters. The lowest BCUT2D eigenvalue weighted by Gasteiger charge is -2.19. The monoisotopic (exact) mass is 209 g/mol. The average molecular weight is 209 g/mol. The number of hydrogen-bond acceptors (Lipinski definition) is 1. The number of rotatable bonds is 0. The highest BCUT2D eigenvalue weighted by Crippen LogP contribution is 2.26. The number of aryl methyl sites for hydroxylation is 2. The van der Waals surface area contributed by atoms with Crippen LogP contribution in [0.3, 0.4) is 0 Å². The maximum absolute atomic E-state index is 4.55. The van der Waals surface area contributed by atoms with Crippen LogP contribution in [0.2, 0.25) is 0 Å². The van der Waals surface area contributed by atoms with Gasteiger partial charge < -0.3 is 0 Å². The van der Waals surface area contributed by atoms with E-state index in [-0.39, 0.29) is 0 Å². The molecule has 16 heavy (non-hydrogen) atoms. The van der Waals surface area contributed by atoms with Crippen LogP contribution in [0.15, 0.2) is 30.5 Å². The molecule has 1 nitrogen and oxygen atoms in total. The third-order valence-electron chi connectivity index (χ3n) is 3.30. The van der Waals surface area contributed by atoms with Gasteiger partial charge in [-0.15, -0.1) is 0 Å². The van der Waals surface area contributed by atoms with Gasteiger partial charge in [-0.2, -0.15) is 0 Å². The minimum absolute atomic E-state index is 0.993. The summed E-state index contributed by atoms with van der Waals surface area (Å²) in [5, 5.41) is 0. The molecule has 1 heterocycles. The van der Waals surface area contributed by atoms with Crippen molar-refractivity contribution >= 4 is 0 Å². The van der Waals surface area contributed by atoms with Crippen LogP contribution in [0.25, 0.3) is 0 Å². The topological polar surface area (TPSA) is 12.9 Å². The molecule has 0 N–H and O–H groups in total. The molecule has 1 aromatic heterocycles. The maximum Gasteiger partial charge on any atom is 0.0483 e. The van der Waals surface area contributed by atoms with E-state index in [2.05, 4.69) is 43.1 Å². The first kappa shape index (κ1) is 9.59. The fourth-order valence-electron chi connectivity index (χ4n) is 2.45. The molecule has 1 aliphatic rings. The molecule has 0 bridgehead atoms. The first-order chi connectivity index (χ1) is 7.72. The van der Waals surface area contributed by atoms with Crippen LogP contribution < -0.4 is 0 Å². The molecule has 0 spiro atoms. The van der Waals surface area contributed by atoms with Gasteiger partial charge >= 0.3 is 0 Å². The third kappa shape index (κ3) is 1.53. The molecule has 80 valence electrons. The van der Waals surface area contributed by atoms with Crippen molar-refractivity contribution in [2.45, 2.75) is 26.7 Å². The number of fused-ring (bicyclic) bond motifs is 2. The molecule has 0 aliphatic heterocycles. The second-order valence-corrected chi connectivity index (χ2v) is 4.74. The number of pyridine rings is 1. The Morgan fingerprint density at radius 3 is 2.56 bits per heavy atom.